The maximum Gasteiger partial charge on any atom is 0.279 e. The zero-order valence-corrected chi connectivity index (χ0v) is 11.2. The van der Waals surface area contributed by atoms with Crippen molar-refractivity contribution in [2.75, 3.05) is 5.73 Å². The van der Waals surface area contributed by atoms with E-state index in [4.69, 9.17) is 10.3 Å². The fourth-order valence-corrected chi connectivity index (χ4v) is 1.96. The molecular formula is C14H13N5O. The summed E-state index contributed by atoms with van der Waals surface area (Å²) in [7, 11) is 0. The number of anilines is 1. The summed E-state index contributed by atoms with van der Waals surface area (Å²) >= 11 is 0. The molecule has 0 fully saturated rings. The Morgan fingerprint density at radius 3 is 2.75 bits per heavy atom. The van der Waals surface area contributed by atoms with Crippen molar-refractivity contribution >= 4 is 5.69 Å². The van der Waals surface area contributed by atoms with E-state index < -0.39 is 0 Å². The molecule has 0 saturated heterocycles. The lowest BCUT2D eigenvalue weighted by atomic mass is 10.1. The zero-order valence-electron chi connectivity index (χ0n) is 11.2. The number of rotatable bonds is 2. The standard InChI is InChI=1S/C14H13N5O/c1-8-6-9(2)11(17-7-8)13-18-14(20-19-13)12-10(15)4-3-5-16-12/h3-7H,15H2,1-2H3. The summed E-state index contributed by atoms with van der Waals surface area (Å²) in [5.41, 5.74) is 9.60. The number of hydrogen-bond acceptors (Lipinski definition) is 6. The summed E-state index contributed by atoms with van der Waals surface area (Å²) in [5, 5.41) is 3.95. The third kappa shape index (κ3) is 2.11. The number of aromatic nitrogens is 4. The topological polar surface area (TPSA) is 90.7 Å². The summed E-state index contributed by atoms with van der Waals surface area (Å²) < 4.78 is 5.23. The van der Waals surface area contributed by atoms with Crippen LogP contribution in [0.3, 0.4) is 0 Å². The summed E-state index contributed by atoms with van der Waals surface area (Å²) in [4.78, 5) is 12.8. The van der Waals surface area contributed by atoms with Gasteiger partial charge in [-0.25, -0.2) is 4.98 Å². The molecule has 0 unspecified atom stereocenters. The molecule has 100 valence electrons. The van der Waals surface area contributed by atoms with Crippen molar-refractivity contribution in [2.24, 2.45) is 0 Å². The van der Waals surface area contributed by atoms with Crippen molar-refractivity contribution in [1.82, 2.24) is 20.1 Å². The van der Waals surface area contributed by atoms with Crippen LogP contribution in [0.1, 0.15) is 11.1 Å². The van der Waals surface area contributed by atoms with Crippen LogP contribution in [0.4, 0.5) is 5.69 Å². The van der Waals surface area contributed by atoms with Crippen LogP contribution in [0.2, 0.25) is 0 Å². The molecule has 0 aliphatic carbocycles. The maximum atomic E-state index is 5.84. The molecule has 6 heteroatoms. The zero-order chi connectivity index (χ0) is 14.1. The minimum atomic E-state index is 0.292. The summed E-state index contributed by atoms with van der Waals surface area (Å²) in [5.74, 6) is 0.724. The van der Waals surface area contributed by atoms with Crippen molar-refractivity contribution in [3.8, 4) is 23.1 Å². The molecule has 3 aromatic rings. The lowest BCUT2D eigenvalue weighted by molar-refractivity contribution is 0.431. The molecule has 0 bridgehead atoms. The Morgan fingerprint density at radius 2 is 2.00 bits per heavy atom. The van der Waals surface area contributed by atoms with Crippen LogP contribution in [0, 0.1) is 13.8 Å². The first-order valence-electron chi connectivity index (χ1n) is 6.13. The van der Waals surface area contributed by atoms with Crippen molar-refractivity contribution in [1.29, 1.82) is 0 Å². The summed E-state index contributed by atoms with van der Waals surface area (Å²) in [6.45, 7) is 3.94. The number of nitrogen functional groups attached to an aromatic ring is 1. The predicted molar refractivity (Wildman–Crippen MR) is 74.6 cm³/mol. The quantitative estimate of drug-likeness (QED) is 0.766. The van der Waals surface area contributed by atoms with Crippen LogP contribution in [0.5, 0.6) is 0 Å². The molecule has 2 N–H and O–H groups in total. The Labute approximate surface area is 115 Å². The van der Waals surface area contributed by atoms with Crippen LogP contribution in [0.15, 0.2) is 35.1 Å². The highest BCUT2D eigenvalue weighted by molar-refractivity contribution is 5.67. The molecule has 20 heavy (non-hydrogen) atoms. The Morgan fingerprint density at radius 1 is 1.15 bits per heavy atom. The van der Waals surface area contributed by atoms with E-state index in [0.717, 1.165) is 11.1 Å². The third-order valence-electron chi connectivity index (χ3n) is 2.89. The van der Waals surface area contributed by atoms with Gasteiger partial charge in [0.15, 0.2) is 5.69 Å². The fourth-order valence-electron chi connectivity index (χ4n) is 1.96. The van der Waals surface area contributed by atoms with E-state index in [1.807, 2.05) is 19.9 Å². The molecule has 3 heterocycles. The van der Waals surface area contributed by atoms with Gasteiger partial charge in [0.2, 0.25) is 5.82 Å². The van der Waals surface area contributed by atoms with Gasteiger partial charge < -0.3 is 10.3 Å². The minimum absolute atomic E-state index is 0.292. The highest BCUT2D eigenvalue weighted by Gasteiger charge is 2.16. The second-order valence-electron chi connectivity index (χ2n) is 4.54. The van der Waals surface area contributed by atoms with Crippen LogP contribution < -0.4 is 5.73 Å². The van der Waals surface area contributed by atoms with Crippen molar-refractivity contribution in [2.45, 2.75) is 13.8 Å². The van der Waals surface area contributed by atoms with Crippen LogP contribution in [-0.4, -0.2) is 20.1 Å². The van der Waals surface area contributed by atoms with Gasteiger partial charge in [-0.15, -0.1) is 0 Å². The van der Waals surface area contributed by atoms with Gasteiger partial charge in [0.05, 0.1) is 5.69 Å². The molecule has 6 nitrogen and oxygen atoms in total. The molecular weight excluding hydrogens is 254 g/mol. The van der Waals surface area contributed by atoms with E-state index in [1.54, 1.807) is 24.5 Å². The second kappa shape index (κ2) is 4.73. The number of aryl methyl sites for hydroxylation is 2. The van der Waals surface area contributed by atoms with Crippen LogP contribution >= 0.6 is 0 Å². The monoisotopic (exact) mass is 267 g/mol. The molecule has 0 spiro atoms. The number of nitrogens with two attached hydrogens (primary N) is 1. The van der Waals surface area contributed by atoms with Gasteiger partial charge in [0.25, 0.3) is 5.89 Å². The molecule has 0 atom stereocenters. The molecule has 0 radical (unpaired) electrons. The van der Waals surface area contributed by atoms with Gasteiger partial charge in [-0.2, -0.15) is 4.98 Å². The summed E-state index contributed by atoms with van der Waals surface area (Å²) in [6.07, 6.45) is 3.40. The normalized spacial score (nSPS) is 10.7. The first-order chi connectivity index (χ1) is 9.65. The third-order valence-corrected chi connectivity index (χ3v) is 2.89. The molecule has 0 amide bonds. The molecule has 0 aliphatic rings. The van der Waals surface area contributed by atoms with Crippen molar-refractivity contribution < 1.29 is 4.52 Å². The van der Waals surface area contributed by atoms with E-state index in [1.165, 1.54) is 0 Å². The van der Waals surface area contributed by atoms with E-state index in [-0.39, 0.29) is 0 Å². The highest BCUT2D eigenvalue weighted by Crippen LogP contribution is 2.25. The maximum absolute atomic E-state index is 5.84. The van der Waals surface area contributed by atoms with Crippen molar-refractivity contribution in [3.63, 3.8) is 0 Å². The average Bonchev–Trinajstić information content (AvgIpc) is 2.88. The SMILES string of the molecule is Cc1cnc(-c2noc(-c3ncccc3N)n2)c(C)c1. The molecule has 3 rings (SSSR count). The van der Waals surface area contributed by atoms with E-state index in [2.05, 4.69) is 20.1 Å². The predicted octanol–water partition coefficient (Wildman–Crippen LogP) is 2.39. The Bertz CT molecular complexity index is 766. The first-order valence-corrected chi connectivity index (χ1v) is 6.13. The molecule has 0 saturated carbocycles. The average molecular weight is 267 g/mol. The fraction of sp³-hybridized carbons (Fsp3) is 0.143. The van der Waals surface area contributed by atoms with Gasteiger partial charge >= 0.3 is 0 Å². The van der Waals surface area contributed by atoms with E-state index in [0.29, 0.717) is 28.8 Å². The smallest absolute Gasteiger partial charge is 0.279 e. The lowest BCUT2D eigenvalue weighted by Gasteiger charge is -2.00. The van der Waals surface area contributed by atoms with E-state index >= 15 is 0 Å². The lowest BCUT2D eigenvalue weighted by Crippen LogP contribution is -1.93. The van der Waals surface area contributed by atoms with Gasteiger partial charge in [-0.1, -0.05) is 11.2 Å². The first kappa shape index (κ1) is 12.3. The van der Waals surface area contributed by atoms with Crippen LogP contribution in [0.25, 0.3) is 23.1 Å². The largest absolute Gasteiger partial charge is 0.397 e. The Balaban J connectivity index is 2.04. The van der Waals surface area contributed by atoms with Gasteiger partial charge in [0.1, 0.15) is 5.69 Å². The highest BCUT2D eigenvalue weighted by atomic mass is 16.5. The van der Waals surface area contributed by atoms with Gasteiger partial charge in [-0.3, -0.25) is 4.98 Å². The molecule has 3 aromatic heterocycles. The Hall–Kier alpha value is -2.76. The molecule has 0 aromatic carbocycles. The van der Waals surface area contributed by atoms with Gasteiger partial charge in [0, 0.05) is 12.4 Å². The summed E-state index contributed by atoms with van der Waals surface area (Å²) in [6, 6.07) is 5.51. The van der Waals surface area contributed by atoms with Gasteiger partial charge in [-0.05, 0) is 37.1 Å². The van der Waals surface area contributed by atoms with E-state index in [9.17, 15) is 0 Å². The number of pyridine rings is 2. The minimum Gasteiger partial charge on any atom is -0.397 e. The Kier molecular flexibility index (Phi) is 2.90. The number of hydrogen-bond donors (Lipinski definition) is 1. The molecule has 0 aliphatic heterocycles. The van der Waals surface area contributed by atoms with Crippen LogP contribution in [-0.2, 0) is 0 Å². The number of nitrogens with zero attached hydrogens (tertiary/aromatic N) is 4. The second-order valence-corrected chi connectivity index (χ2v) is 4.54. The van der Waals surface area contributed by atoms with Crippen molar-refractivity contribution in [3.05, 3.63) is 41.7 Å².